The second kappa shape index (κ2) is 9.14. The molecule has 8 nitrogen and oxygen atoms in total. The number of carbonyl (C=O) groups is 2. The number of nitrogens with one attached hydrogen (secondary N) is 2. The Morgan fingerprint density at radius 1 is 1.19 bits per heavy atom. The molecule has 1 unspecified atom stereocenters. The van der Waals surface area contributed by atoms with Crippen LogP contribution in [0.2, 0.25) is 0 Å². The van der Waals surface area contributed by atoms with E-state index in [9.17, 15) is 19.7 Å². The molecule has 2 N–H and O–H groups in total. The largest absolute Gasteiger partial charge is 0.466 e. The molecule has 0 aliphatic carbocycles. The fourth-order valence-corrected chi connectivity index (χ4v) is 2.23. The van der Waals surface area contributed by atoms with Crippen LogP contribution in [0.25, 0.3) is 6.08 Å². The van der Waals surface area contributed by atoms with Crippen molar-refractivity contribution < 1.29 is 19.2 Å². The first-order valence-electron chi connectivity index (χ1n) is 8.07. The molecule has 0 aliphatic heterocycles. The van der Waals surface area contributed by atoms with Gasteiger partial charge in [-0.25, -0.2) is 4.79 Å². The number of carbonyl (C=O) groups excluding carboxylic acids is 2. The van der Waals surface area contributed by atoms with E-state index in [1.807, 2.05) is 6.07 Å². The van der Waals surface area contributed by atoms with E-state index in [1.165, 1.54) is 31.4 Å². The standard InChI is InChI=1S/C19H19N3O5/c1-13(19(24)21-15-6-4-3-5-7-15)20-16-10-8-14(9-11-18(23)27-2)12-17(16)22(25)26/h3-13,20H,1-2H3,(H,21,24)/b11-9+. The quantitative estimate of drug-likeness (QED) is 0.335. The highest BCUT2D eigenvalue weighted by atomic mass is 16.6. The topological polar surface area (TPSA) is 111 Å². The van der Waals surface area contributed by atoms with Gasteiger partial charge in [-0.2, -0.15) is 0 Å². The van der Waals surface area contributed by atoms with Crippen LogP contribution in [-0.2, 0) is 14.3 Å². The highest BCUT2D eigenvalue weighted by Crippen LogP contribution is 2.27. The molecule has 0 radical (unpaired) electrons. The van der Waals surface area contributed by atoms with Crippen LogP contribution in [0.15, 0.2) is 54.6 Å². The predicted octanol–water partition coefficient (Wildman–Crippen LogP) is 3.22. The minimum atomic E-state index is -0.708. The van der Waals surface area contributed by atoms with Crippen LogP contribution in [0, 0.1) is 10.1 Å². The minimum absolute atomic E-state index is 0.200. The number of para-hydroxylation sites is 1. The Labute approximate surface area is 156 Å². The third-order valence-electron chi connectivity index (χ3n) is 3.64. The van der Waals surface area contributed by atoms with Gasteiger partial charge in [0.15, 0.2) is 0 Å². The van der Waals surface area contributed by atoms with Gasteiger partial charge in [0.2, 0.25) is 5.91 Å². The number of hydrogen-bond acceptors (Lipinski definition) is 6. The number of esters is 1. The first kappa shape index (κ1) is 19.6. The van der Waals surface area contributed by atoms with Crippen LogP contribution < -0.4 is 10.6 Å². The Balaban J connectivity index is 2.14. The van der Waals surface area contributed by atoms with Crippen molar-refractivity contribution in [1.29, 1.82) is 0 Å². The Hall–Kier alpha value is -3.68. The van der Waals surface area contributed by atoms with Gasteiger partial charge in [0, 0.05) is 17.8 Å². The number of amides is 1. The number of hydrogen-bond donors (Lipinski definition) is 2. The zero-order valence-electron chi connectivity index (χ0n) is 14.8. The van der Waals surface area contributed by atoms with E-state index in [1.54, 1.807) is 37.3 Å². The molecule has 0 saturated carbocycles. The molecular weight excluding hydrogens is 350 g/mol. The Kier molecular flexibility index (Phi) is 6.65. The van der Waals surface area contributed by atoms with Crippen LogP contribution >= 0.6 is 0 Å². The molecule has 0 aliphatic rings. The molecule has 2 aromatic rings. The van der Waals surface area contributed by atoms with Gasteiger partial charge in [-0.15, -0.1) is 0 Å². The summed E-state index contributed by atoms with van der Waals surface area (Å²) in [6, 6.07) is 12.6. The van der Waals surface area contributed by atoms with E-state index in [0.717, 1.165) is 0 Å². The fraction of sp³-hybridized carbons (Fsp3) is 0.158. The molecule has 1 atom stereocenters. The number of benzene rings is 2. The molecular formula is C19H19N3O5. The Bertz CT molecular complexity index is 865. The highest BCUT2D eigenvalue weighted by molar-refractivity contribution is 5.96. The number of nitro benzene ring substituents is 1. The van der Waals surface area contributed by atoms with Crippen LogP contribution in [0.1, 0.15) is 12.5 Å². The van der Waals surface area contributed by atoms with Crippen molar-refractivity contribution in [3.05, 3.63) is 70.3 Å². The lowest BCUT2D eigenvalue weighted by molar-refractivity contribution is -0.384. The zero-order valence-corrected chi connectivity index (χ0v) is 14.8. The molecule has 0 aromatic heterocycles. The van der Waals surface area contributed by atoms with E-state index in [2.05, 4.69) is 15.4 Å². The van der Waals surface area contributed by atoms with E-state index in [-0.39, 0.29) is 17.3 Å². The maximum atomic E-state index is 12.3. The summed E-state index contributed by atoms with van der Waals surface area (Å²) in [5.74, 6) is -0.892. The SMILES string of the molecule is COC(=O)/C=C/c1ccc(NC(C)C(=O)Nc2ccccc2)c([N+](=O)[O-])c1. The van der Waals surface area contributed by atoms with Crippen molar-refractivity contribution in [3.63, 3.8) is 0 Å². The molecule has 0 heterocycles. The lowest BCUT2D eigenvalue weighted by Crippen LogP contribution is -2.32. The van der Waals surface area contributed by atoms with E-state index in [4.69, 9.17) is 0 Å². The van der Waals surface area contributed by atoms with Crippen LogP contribution in [0.5, 0.6) is 0 Å². The molecule has 2 rings (SSSR count). The summed E-state index contributed by atoms with van der Waals surface area (Å²) in [5.41, 5.74) is 1.08. The minimum Gasteiger partial charge on any atom is -0.466 e. The molecule has 2 aromatic carbocycles. The van der Waals surface area contributed by atoms with E-state index in [0.29, 0.717) is 11.3 Å². The zero-order chi connectivity index (χ0) is 19.8. The Morgan fingerprint density at radius 2 is 1.89 bits per heavy atom. The smallest absolute Gasteiger partial charge is 0.330 e. The van der Waals surface area contributed by atoms with Crippen LogP contribution in [0.4, 0.5) is 17.1 Å². The third kappa shape index (κ3) is 5.67. The van der Waals surface area contributed by atoms with Crippen molar-refractivity contribution in [1.82, 2.24) is 0 Å². The van der Waals surface area contributed by atoms with Gasteiger partial charge in [-0.3, -0.25) is 14.9 Å². The van der Waals surface area contributed by atoms with Crippen LogP contribution in [0.3, 0.4) is 0 Å². The summed E-state index contributed by atoms with van der Waals surface area (Å²) in [6.07, 6.45) is 2.58. The summed E-state index contributed by atoms with van der Waals surface area (Å²) in [4.78, 5) is 34.2. The van der Waals surface area contributed by atoms with Crippen molar-refractivity contribution in [3.8, 4) is 0 Å². The van der Waals surface area contributed by atoms with Gasteiger partial charge in [0.25, 0.3) is 5.69 Å². The molecule has 0 spiro atoms. The van der Waals surface area contributed by atoms with Gasteiger partial charge in [0.1, 0.15) is 11.7 Å². The predicted molar refractivity (Wildman–Crippen MR) is 102 cm³/mol. The number of nitrogens with zero attached hydrogens (tertiary/aromatic N) is 1. The lowest BCUT2D eigenvalue weighted by atomic mass is 10.1. The Morgan fingerprint density at radius 3 is 2.52 bits per heavy atom. The number of methoxy groups -OCH3 is 1. The molecule has 0 bridgehead atoms. The number of nitro groups is 1. The van der Waals surface area contributed by atoms with Gasteiger partial charge in [0.05, 0.1) is 12.0 Å². The maximum absolute atomic E-state index is 12.3. The number of anilines is 2. The fourth-order valence-electron chi connectivity index (χ4n) is 2.23. The van der Waals surface area contributed by atoms with E-state index < -0.39 is 16.9 Å². The van der Waals surface area contributed by atoms with Crippen molar-refractivity contribution in [2.24, 2.45) is 0 Å². The number of rotatable bonds is 7. The third-order valence-corrected chi connectivity index (χ3v) is 3.64. The van der Waals surface area contributed by atoms with Crippen molar-refractivity contribution in [2.45, 2.75) is 13.0 Å². The van der Waals surface area contributed by atoms with Gasteiger partial charge >= 0.3 is 5.97 Å². The summed E-state index contributed by atoms with van der Waals surface area (Å²) >= 11 is 0. The normalized spacial score (nSPS) is 11.6. The first-order chi connectivity index (χ1) is 12.9. The van der Waals surface area contributed by atoms with Gasteiger partial charge in [-0.1, -0.05) is 24.3 Å². The van der Waals surface area contributed by atoms with E-state index >= 15 is 0 Å². The average Bonchev–Trinajstić information content (AvgIpc) is 2.67. The summed E-state index contributed by atoms with van der Waals surface area (Å²) in [5, 5.41) is 16.9. The highest BCUT2D eigenvalue weighted by Gasteiger charge is 2.19. The first-order valence-corrected chi connectivity index (χ1v) is 8.07. The monoisotopic (exact) mass is 369 g/mol. The average molecular weight is 369 g/mol. The van der Waals surface area contributed by atoms with Gasteiger partial charge in [-0.05, 0) is 36.8 Å². The summed E-state index contributed by atoms with van der Waals surface area (Å²) in [7, 11) is 1.24. The summed E-state index contributed by atoms with van der Waals surface area (Å²) in [6.45, 7) is 1.60. The second-order valence-electron chi connectivity index (χ2n) is 5.61. The maximum Gasteiger partial charge on any atom is 0.330 e. The summed E-state index contributed by atoms with van der Waals surface area (Å²) < 4.78 is 4.48. The van der Waals surface area contributed by atoms with Crippen molar-refractivity contribution in [2.75, 3.05) is 17.7 Å². The molecule has 0 fully saturated rings. The molecule has 0 saturated heterocycles. The van der Waals surface area contributed by atoms with Crippen molar-refractivity contribution >= 4 is 35.0 Å². The molecule has 27 heavy (non-hydrogen) atoms. The lowest BCUT2D eigenvalue weighted by Gasteiger charge is -2.15. The molecule has 1 amide bonds. The molecule has 140 valence electrons. The molecule has 8 heteroatoms. The van der Waals surface area contributed by atoms with Gasteiger partial charge < -0.3 is 15.4 Å². The number of ether oxygens (including phenoxy) is 1. The van der Waals surface area contributed by atoms with Crippen LogP contribution in [-0.4, -0.2) is 30.0 Å². The second-order valence-corrected chi connectivity index (χ2v) is 5.61.